The van der Waals surface area contributed by atoms with Crippen LogP contribution in [0.15, 0.2) is 36.4 Å². The van der Waals surface area contributed by atoms with Gasteiger partial charge in [-0.1, -0.05) is 30.3 Å². The van der Waals surface area contributed by atoms with Gasteiger partial charge in [0.2, 0.25) is 0 Å². The number of carbonyl (C=O) groups excluding carboxylic acids is 1. The highest BCUT2D eigenvalue weighted by Crippen LogP contribution is 2.33. The van der Waals surface area contributed by atoms with Crippen molar-refractivity contribution in [3.05, 3.63) is 46.8 Å². The number of sulfone groups is 1. The lowest BCUT2D eigenvalue weighted by Gasteiger charge is -2.26. The number of thiophene rings is 1. The van der Waals surface area contributed by atoms with Crippen molar-refractivity contribution in [2.24, 2.45) is 0 Å². The summed E-state index contributed by atoms with van der Waals surface area (Å²) in [6.07, 6.45) is 0. The van der Waals surface area contributed by atoms with Gasteiger partial charge in [-0.2, -0.15) is 0 Å². The third-order valence-corrected chi connectivity index (χ3v) is 6.68. The highest BCUT2D eigenvalue weighted by atomic mass is 32.2. The van der Waals surface area contributed by atoms with Crippen molar-refractivity contribution in [2.75, 3.05) is 24.6 Å². The van der Waals surface area contributed by atoms with Crippen LogP contribution in [0.25, 0.3) is 10.4 Å². The number of hydrogen-bond acceptors (Lipinski definition) is 4. The number of rotatable bonds is 2. The summed E-state index contributed by atoms with van der Waals surface area (Å²) in [6, 6.07) is 11.9. The van der Waals surface area contributed by atoms with Crippen molar-refractivity contribution in [1.82, 2.24) is 4.90 Å². The first kappa shape index (κ1) is 15.2. The van der Waals surface area contributed by atoms with E-state index in [1.165, 1.54) is 11.3 Å². The Bertz CT molecular complexity index is 780. The molecule has 0 radical (unpaired) electrons. The fraction of sp³-hybridized carbons (Fsp3) is 0.312. The van der Waals surface area contributed by atoms with Gasteiger partial charge in [0.1, 0.15) is 0 Å². The van der Waals surface area contributed by atoms with Gasteiger partial charge in [-0.3, -0.25) is 4.79 Å². The number of amides is 1. The highest BCUT2D eigenvalue weighted by Gasteiger charge is 2.27. The van der Waals surface area contributed by atoms with E-state index in [9.17, 15) is 13.2 Å². The molecule has 1 aromatic heterocycles. The smallest absolute Gasteiger partial charge is 0.264 e. The lowest BCUT2D eigenvalue weighted by molar-refractivity contribution is 0.0775. The third-order valence-electron chi connectivity index (χ3n) is 3.80. The van der Waals surface area contributed by atoms with Gasteiger partial charge in [0, 0.05) is 18.0 Å². The first-order valence-electron chi connectivity index (χ1n) is 7.12. The molecule has 22 heavy (non-hydrogen) atoms. The summed E-state index contributed by atoms with van der Waals surface area (Å²) in [5.41, 5.74) is 2.18. The minimum atomic E-state index is -2.97. The average Bonchev–Trinajstić information content (AvgIpc) is 2.89. The van der Waals surface area contributed by atoms with Crippen molar-refractivity contribution in [3.8, 4) is 10.4 Å². The highest BCUT2D eigenvalue weighted by molar-refractivity contribution is 7.91. The summed E-state index contributed by atoms with van der Waals surface area (Å²) in [5, 5.41) is 0. The number of aryl methyl sites for hydroxylation is 1. The summed E-state index contributed by atoms with van der Waals surface area (Å²) >= 11 is 1.47. The lowest BCUT2D eigenvalue weighted by atomic mass is 10.1. The van der Waals surface area contributed by atoms with Gasteiger partial charge in [0.15, 0.2) is 9.84 Å². The molecule has 1 saturated heterocycles. The maximum atomic E-state index is 12.5. The summed E-state index contributed by atoms with van der Waals surface area (Å²) in [7, 11) is -2.97. The zero-order chi connectivity index (χ0) is 15.7. The van der Waals surface area contributed by atoms with Crippen LogP contribution in [0.4, 0.5) is 0 Å². The second-order valence-corrected chi connectivity index (χ2v) is 8.79. The van der Waals surface area contributed by atoms with E-state index in [-0.39, 0.29) is 17.4 Å². The Kier molecular flexibility index (Phi) is 4.06. The van der Waals surface area contributed by atoms with E-state index >= 15 is 0 Å². The Hall–Kier alpha value is -1.66. The Morgan fingerprint density at radius 1 is 1.14 bits per heavy atom. The van der Waals surface area contributed by atoms with Crippen LogP contribution in [0.2, 0.25) is 0 Å². The molecule has 0 bridgehead atoms. The molecular weight excluding hydrogens is 318 g/mol. The molecule has 0 spiro atoms. The maximum absolute atomic E-state index is 12.5. The maximum Gasteiger partial charge on any atom is 0.264 e. The first-order valence-corrected chi connectivity index (χ1v) is 9.76. The molecule has 0 atom stereocenters. The predicted molar refractivity (Wildman–Crippen MR) is 89.0 cm³/mol. The molecule has 1 aromatic carbocycles. The number of carbonyl (C=O) groups is 1. The van der Waals surface area contributed by atoms with E-state index < -0.39 is 9.84 Å². The Balaban J connectivity index is 1.83. The minimum Gasteiger partial charge on any atom is -0.336 e. The minimum absolute atomic E-state index is 0.0641. The van der Waals surface area contributed by atoms with Gasteiger partial charge in [0.25, 0.3) is 5.91 Å². The Labute approximate surface area is 134 Å². The third kappa shape index (κ3) is 3.08. The molecule has 0 N–H and O–H groups in total. The molecule has 0 saturated carbocycles. The van der Waals surface area contributed by atoms with E-state index in [1.807, 2.05) is 43.3 Å². The monoisotopic (exact) mass is 335 g/mol. The van der Waals surface area contributed by atoms with Gasteiger partial charge in [0.05, 0.1) is 16.4 Å². The topological polar surface area (TPSA) is 54.5 Å². The van der Waals surface area contributed by atoms with Crippen LogP contribution in [-0.2, 0) is 9.84 Å². The molecule has 0 aliphatic carbocycles. The molecule has 1 amide bonds. The standard InChI is InChI=1S/C16H17NO3S2/c1-12-11-14(21-15(12)13-5-3-2-4-6-13)16(18)17-7-9-22(19,20)10-8-17/h2-6,11H,7-10H2,1H3. The van der Waals surface area contributed by atoms with Crippen molar-refractivity contribution < 1.29 is 13.2 Å². The zero-order valence-corrected chi connectivity index (χ0v) is 13.9. The van der Waals surface area contributed by atoms with Gasteiger partial charge in [-0.15, -0.1) is 11.3 Å². The van der Waals surface area contributed by atoms with E-state index in [1.54, 1.807) is 4.90 Å². The second kappa shape index (κ2) is 5.85. The first-order chi connectivity index (χ1) is 10.5. The van der Waals surface area contributed by atoms with Crippen molar-refractivity contribution in [2.45, 2.75) is 6.92 Å². The molecule has 2 heterocycles. The van der Waals surface area contributed by atoms with Crippen LogP contribution in [0.5, 0.6) is 0 Å². The fourth-order valence-electron chi connectivity index (χ4n) is 2.53. The predicted octanol–water partition coefficient (Wildman–Crippen LogP) is 2.59. The number of benzene rings is 1. The molecule has 4 nitrogen and oxygen atoms in total. The SMILES string of the molecule is Cc1cc(C(=O)N2CCS(=O)(=O)CC2)sc1-c1ccccc1. The molecular formula is C16H17NO3S2. The van der Waals surface area contributed by atoms with Gasteiger partial charge >= 0.3 is 0 Å². The average molecular weight is 335 g/mol. The van der Waals surface area contributed by atoms with Crippen molar-refractivity contribution in [1.29, 1.82) is 0 Å². The molecule has 0 unspecified atom stereocenters. The zero-order valence-electron chi connectivity index (χ0n) is 12.3. The van der Waals surface area contributed by atoms with Crippen LogP contribution in [0, 0.1) is 6.92 Å². The van der Waals surface area contributed by atoms with Gasteiger partial charge < -0.3 is 4.90 Å². The molecule has 2 aromatic rings. The van der Waals surface area contributed by atoms with E-state index in [0.717, 1.165) is 16.0 Å². The van der Waals surface area contributed by atoms with E-state index in [4.69, 9.17) is 0 Å². The Morgan fingerprint density at radius 2 is 1.77 bits per heavy atom. The summed E-state index contributed by atoms with van der Waals surface area (Å²) in [6.45, 7) is 2.58. The van der Waals surface area contributed by atoms with Crippen molar-refractivity contribution >= 4 is 27.1 Å². The molecule has 1 aliphatic rings. The van der Waals surface area contributed by atoms with Crippen LogP contribution in [-0.4, -0.2) is 43.8 Å². The molecule has 6 heteroatoms. The van der Waals surface area contributed by atoms with Crippen molar-refractivity contribution in [3.63, 3.8) is 0 Å². The van der Waals surface area contributed by atoms with Crippen LogP contribution < -0.4 is 0 Å². The van der Waals surface area contributed by atoms with Gasteiger partial charge in [-0.05, 0) is 24.1 Å². The normalized spacial score (nSPS) is 17.4. The summed E-state index contributed by atoms with van der Waals surface area (Å²) in [4.78, 5) is 16.0. The van der Waals surface area contributed by atoms with Crippen LogP contribution >= 0.6 is 11.3 Å². The molecule has 3 rings (SSSR count). The molecule has 1 aliphatic heterocycles. The lowest BCUT2D eigenvalue weighted by Crippen LogP contribution is -2.43. The van der Waals surface area contributed by atoms with E-state index in [2.05, 4.69) is 0 Å². The molecule has 1 fully saturated rings. The Morgan fingerprint density at radius 3 is 2.41 bits per heavy atom. The van der Waals surface area contributed by atoms with E-state index in [0.29, 0.717) is 18.0 Å². The summed E-state index contributed by atoms with van der Waals surface area (Å²) in [5.74, 6) is 0.0636. The second-order valence-electron chi connectivity index (χ2n) is 5.43. The summed E-state index contributed by atoms with van der Waals surface area (Å²) < 4.78 is 22.9. The molecule has 116 valence electrons. The largest absolute Gasteiger partial charge is 0.336 e. The van der Waals surface area contributed by atoms with Gasteiger partial charge in [-0.25, -0.2) is 8.42 Å². The van der Waals surface area contributed by atoms with Crippen LogP contribution in [0.1, 0.15) is 15.2 Å². The fourth-order valence-corrected chi connectivity index (χ4v) is 4.88. The quantitative estimate of drug-likeness (QED) is 0.848. The number of hydrogen-bond donors (Lipinski definition) is 0. The number of nitrogens with zero attached hydrogens (tertiary/aromatic N) is 1. The van der Waals surface area contributed by atoms with Crippen LogP contribution in [0.3, 0.4) is 0 Å².